The van der Waals surface area contributed by atoms with E-state index in [-0.39, 0.29) is 18.7 Å². The van der Waals surface area contributed by atoms with Crippen LogP contribution in [0.1, 0.15) is 33.3 Å². The predicted octanol–water partition coefficient (Wildman–Crippen LogP) is 3.36. The summed E-state index contributed by atoms with van der Waals surface area (Å²) in [6.07, 6.45) is -0.896. The van der Waals surface area contributed by atoms with E-state index in [9.17, 15) is 19.7 Å². The summed E-state index contributed by atoms with van der Waals surface area (Å²) < 4.78 is 10.6. The molecule has 1 amide bonds. The number of amides is 1. The van der Waals surface area contributed by atoms with Gasteiger partial charge in [0.25, 0.3) is 5.69 Å². The van der Waals surface area contributed by atoms with E-state index in [4.69, 9.17) is 9.47 Å². The smallest absolute Gasteiger partial charge is 0.408 e. The first-order valence-corrected chi connectivity index (χ1v) is 8.41. The Morgan fingerprint density at radius 3 is 2.52 bits per heavy atom. The fourth-order valence-corrected chi connectivity index (χ4v) is 2.33. The minimum atomic E-state index is -1.10. The molecule has 0 aliphatic heterocycles. The summed E-state index contributed by atoms with van der Waals surface area (Å²) >= 11 is 3.17. The van der Waals surface area contributed by atoms with Gasteiger partial charge < -0.3 is 14.8 Å². The summed E-state index contributed by atoms with van der Waals surface area (Å²) in [5.41, 5.74) is -0.607. The Morgan fingerprint density at radius 2 is 2.00 bits per heavy atom. The molecule has 0 aromatic heterocycles. The van der Waals surface area contributed by atoms with Crippen LogP contribution >= 0.6 is 15.9 Å². The van der Waals surface area contributed by atoms with Crippen molar-refractivity contribution in [1.82, 2.24) is 5.32 Å². The van der Waals surface area contributed by atoms with Crippen LogP contribution in [-0.4, -0.2) is 35.2 Å². The van der Waals surface area contributed by atoms with E-state index < -0.39 is 28.6 Å². The third-order valence-corrected chi connectivity index (χ3v) is 3.42. The average Bonchev–Trinajstić information content (AvgIpc) is 2.46. The van der Waals surface area contributed by atoms with Crippen LogP contribution in [0.5, 0.6) is 0 Å². The van der Waals surface area contributed by atoms with Gasteiger partial charge in [0, 0.05) is 22.5 Å². The third-order valence-electron chi connectivity index (χ3n) is 2.93. The highest BCUT2D eigenvalue weighted by Crippen LogP contribution is 2.25. The Labute approximate surface area is 154 Å². The number of esters is 1. The maximum atomic E-state index is 12.1. The highest BCUT2D eigenvalue weighted by molar-refractivity contribution is 9.10. The average molecular weight is 417 g/mol. The van der Waals surface area contributed by atoms with Crippen LogP contribution in [0, 0.1) is 10.1 Å². The monoisotopic (exact) mass is 416 g/mol. The second kappa shape index (κ2) is 8.80. The number of hydrogen-bond acceptors (Lipinski definition) is 6. The Kier molecular flexibility index (Phi) is 7.35. The van der Waals surface area contributed by atoms with E-state index in [0.717, 1.165) is 0 Å². The largest absolute Gasteiger partial charge is 0.464 e. The van der Waals surface area contributed by atoms with E-state index in [2.05, 4.69) is 21.2 Å². The van der Waals surface area contributed by atoms with Gasteiger partial charge in [0.2, 0.25) is 0 Å². The number of benzene rings is 1. The second-order valence-electron chi connectivity index (χ2n) is 6.19. The van der Waals surface area contributed by atoms with Gasteiger partial charge in [-0.3, -0.25) is 10.1 Å². The number of rotatable bonds is 6. The van der Waals surface area contributed by atoms with Crippen LogP contribution in [0.15, 0.2) is 22.7 Å². The van der Waals surface area contributed by atoms with E-state index in [1.54, 1.807) is 33.8 Å². The highest BCUT2D eigenvalue weighted by Gasteiger charge is 2.28. The molecule has 0 fully saturated rings. The molecule has 1 aromatic carbocycles. The molecule has 8 nitrogen and oxygen atoms in total. The van der Waals surface area contributed by atoms with Crippen molar-refractivity contribution in [3.05, 3.63) is 38.3 Å². The number of alkyl carbamates (subject to hydrolysis) is 1. The number of nitrogens with one attached hydrogen (secondary N) is 1. The van der Waals surface area contributed by atoms with Crippen LogP contribution in [0.4, 0.5) is 10.5 Å². The van der Waals surface area contributed by atoms with Crippen molar-refractivity contribution < 1.29 is 24.0 Å². The molecule has 0 aliphatic rings. The summed E-state index contributed by atoms with van der Waals surface area (Å²) in [5.74, 6) is -0.689. The van der Waals surface area contributed by atoms with Crippen molar-refractivity contribution in [3.8, 4) is 0 Å². The third kappa shape index (κ3) is 7.08. The van der Waals surface area contributed by atoms with Crippen LogP contribution in [0.3, 0.4) is 0 Å². The maximum Gasteiger partial charge on any atom is 0.408 e. The normalized spacial score (nSPS) is 12.2. The lowest BCUT2D eigenvalue weighted by atomic mass is 10.0. The number of hydrogen-bond donors (Lipinski definition) is 1. The van der Waals surface area contributed by atoms with E-state index in [1.165, 1.54) is 12.1 Å². The molecule has 138 valence electrons. The van der Waals surface area contributed by atoms with Crippen molar-refractivity contribution in [2.75, 3.05) is 6.61 Å². The molecule has 0 bridgehead atoms. The molecule has 25 heavy (non-hydrogen) atoms. The summed E-state index contributed by atoms with van der Waals surface area (Å²) in [5, 5.41) is 13.6. The first kappa shape index (κ1) is 20.9. The Bertz CT molecular complexity index is 657. The zero-order chi connectivity index (χ0) is 19.2. The molecule has 0 saturated heterocycles. The van der Waals surface area contributed by atoms with Crippen LogP contribution in [0.25, 0.3) is 0 Å². The molecular weight excluding hydrogens is 396 g/mol. The number of nitro benzene ring substituents is 1. The standard InChI is InChI=1S/C16H21BrN2O6/c1-5-24-14(20)12(18-15(21)25-16(2,3)4)8-10-6-7-11(17)9-13(10)19(22)23/h6-7,9,12H,5,8H2,1-4H3,(H,18,21). The lowest BCUT2D eigenvalue weighted by Gasteiger charge is -2.23. The fourth-order valence-electron chi connectivity index (χ4n) is 1.99. The molecule has 9 heteroatoms. The molecule has 1 N–H and O–H groups in total. The van der Waals surface area contributed by atoms with Crippen molar-refractivity contribution in [1.29, 1.82) is 0 Å². The Hall–Kier alpha value is -2.16. The van der Waals surface area contributed by atoms with Gasteiger partial charge in [-0.15, -0.1) is 0 Å². The van der Waals surface area contributed by atoms with Gasteiger partial charge in [-0.05, 0) is 33.8 Å². The summed E-state index contributed by atoms with van der Waals surface area (Å²) in [6, 6.07) is 3.38. The van der Waals surface area contributed by atoms with Gasteiger partial charge in [0.1, 0.15) is 11.6 Å². The minimum absolute atomic E-state index is 0.0956. The SMILES string of the molecule is CCOC(=O)C(Cc1ccc(Br)cc1[N+](=O)[O-])NC(=O)OC(C)(C)C. The molecule has 1 rings (SSSR count). The van der Waals surface area contributed by atoms with E-state index in [1.807, 2.05) is 0 Å². The molecule has 0 spiro atoms. The Morgan fingerprint density at radius 1 is 1.36 bits per heavy atom. The van der Waals surface area contributed by atoms with Crippen molar-refractivity contribution in [2.24, 2.45) is 0 Å². The quantitative estimate of drug-likeness (QED) is 0.432. The molecule has 1 aromatic rings. The van der Waals surface area contributed by atoms with Gasteiger partial charge in [0.15, 0.2) is 0 Å². The number of carbonyl (C=O) groups excluding carboxylic acids is 2. The second-order valence-corrected chi connectivity index (χ2v) is 7.10. The van der Waals surface area contributed by atoms with E-state index in [0.29, 0.717) is 10.0 Å². The number of halogens is 1. The zero-order valence-corrected chi connectivity index (χ0v) is 16.1. The molecule has 0 radical (unpaired) electrons. The first-order chi connectivity index (χ1) is 11.5. The summed E-state index contributed by atoms with van der Waals surface area (Å²) in [4.78, 5) is 34.8. The van der Waals surface area contributed by atoms with Crippen LogP contribution < -0.4 is 5.32 Å². The number of carbonyl (C=O) groups is 2. The lowest BCUT2D eigenvalue weighted by molar-refractivity contribution is -0.385. The van der Waals surface area contributed by atoms with E-state index >= 15 is 0 Å². The summed E-state index contributed by atoms with van der Waals surface area (Å²) in [7, 11) is 0. The summed E-state index contributed by atoms with van der Waals surface area (Å²) in [6.45, 7) is 6.81. The molecule has 0 aliphatic carbocycles. The highest BCUT2D eigenvalue weighted by atomic mass is 79.9. The number of nitro groups is 1. The molecular formula is C16H21BrN2O6. The molecule has 1 unspecified atom stereocenters. The minimum Gasteiger partial charge on any atom is -0.464 e. The van der Waals surface area contributed by atoms with Crippen molar-refractivity contribution >= 4 is 33.7 Å². The molecule has 0 saturated carbocycles. The topological polar surface area (TPSA) is 108 Å². The molecule has 1 atom stereocenters. The lowest BCUT2D eigenvalue weighted by Crippen LogP contribution is -2.45. The van der Waals surface area contributed by atoms with Gasteiger partial charge >= 0.3 is 12.1 Å². The maximum absolute atomic E-state index is 12.1. The predicted molar refractivity (Wildman–Crippen MR) is 94.3 cm³/mol. The van der Waals surface area contributed by atoms with Gasteiger partial charge in [-0.25, -0.2) is 9.59 Å². The number of nitrogens with zero attached hydrogens (tertiary/aromatic N) is 1. The molecule has 0 heterocycles. The van der Waals surface area contributed by atoms with Crippen LogP contribution in [-0.2, 0) is 20.7 Å². The Balaban J connectivity index is 3.04. The van der Waals surface area contributed by atoms with Gasteiger partial charge in [-0.2, -0.15) is 0 Å². The van der Waals surface area contributed by atoms with Crippen molar-refractivity contribution in [3.63, 3.8) is 0 Å². The zero-order valence-electron chi connectivity index (χ0n) is 14.5. The van der Waals surface area contributed by atoms with Gasteiger partial charge in [0.05, 0.1) is 11.5 Å². The fraction of sp³-hybridized carbons (Fsp3) is 0.500. The van der Waals surface area contributed by atoms with Crippen LogP contribution in [0.2, 0.25) is 0 Å². The van der Waals surface area contributed by atoms with Crippen molar-refractivity contribution in [2.45, 2.75) is 45.8 Å². The number of ether oxygens (including phenoxy) is 2. The van der Waals surface area contributed by atoms with Gasteiger partial charge in [-0.1, -0.05) is 22.0 Å². The first-order valence-electron chi connectivity index (χ1n) is 7.62.